The minimum absolute atomic E-state index is 0.221. The van der Waals surface area contributed by atoms with Gasteiger partial charge in [-0.15, -0.1) is 0 Å². The number of nitrogens with zero attached hydrogens (tertiary/aromatic N) is 1. The molecule has 0 rings (SSSR count). The number of hydrogen-bond donors (Lipinski definition) is 4. The van der Waals surface area contributed by atoms with E-state index in [1.165, 1.54) is 0 Å². The zero-order chi connectivity index (χ0) is 41.8. The Labute approximate surface area is 325 Å². The molecular weight excluding hydrogens is 721 g/mol. The van der Waals surface area contributed by atoms with Crippen LogP contribution in [0.2, 0.25) is 0 Å². The summed E-state index contributed by atoms with van der Waals surface area (Å²) in [6.07, 6.45) is 4.76. The summed E-state index contributed by atoms with van der Waals surface area (Å²) in [5, 5.41) is 8.60. The van der Waals surface area contributed by atoms with Gasteiger partial charge in [-0.05, 0) is 134 Å². The van der Waals surface area contributed by atoms with Crippen LogP contribution in [0.3, 0.4) is 0 Å². The molecule has 0 fully saturated rings. The maximum Gasteiger partial charge on any atom is 0.410 e. The van der Waals surface area contributed by atoms with Crippen LogP contribution >= 0.6 is 0 Å². The lowest BCUT2D eigenvalue weighted by Gasteiger charge is -2.35. The summed E-state index contributed by atoms with van der Waals surface area (Å²) in [6.45, 7) is 22.8. The van der Waals surface area contributed by atoms with Crippen molar-refractivity contribution in [1.82, 2.24) is 20.9 Å². The van der Waals surface area contributed by atoms with E-state index < -0.39 is 62.9 Å². The molecule has 0 aliphatic heterocycles. The van der Waals surface area contributed by atoms with Crippen molar-refractivity contribution in [2.75, 3.05) is 31.9 Å². The summed E-state index contributed by atoms with van der Waals surface area (Å²) in [4.78, 5) is 52.8. The summed E-state index contributed by atoms with van der Waals surface area (Å²) >= 11 is 0. The quantitative estimate of drug-likeness (QED) is 0.0471. The van der Waals surface area contributed by atoms with Crippen molar-refractivity contribution >= 4 is 34.5 Å². The van der Waals surface area contributed by atoms with Crippen LogP contribution in [-0.2, 0) is 29.1 Å². The van der Waals surface area contributed by atoms with Gasteiger partial charge in [0, 0.05) is 32.2 Å². The van der Waals surface area contributed by atoms with Crippen LogP contribution in [0.15, 0.2) is 0 Å². The highest BCUT2D eigenvalue weighted by Gasteiger charge is 2.31. The van der Waals surface area contributed by atoms with Gasteiger partial charge in [-0.25, -0.2) is 19.2 Å². The summed E-state index contributed by atoms with van der Waals surface area (Å²) in [7, 11) is -4.01. The van der Waals surface area contributed by atoms with Crippen molar-refractivity contribution in [3.63, 3.8) is 0 Å². The van der Waals surface area contributed by atoms with Gasteiger partial charge in [0.1, 0.15) is 22.4 Å². The molecule has 16 heteroatoms. The van der Waals surface area contributed by atoms with Gasteiger partial charge in [-0.3, -0.25) is 4.55 Å². The predicted octanol–water partition coefficient (Wildman–Crippen LogP) is 7.96. The molecule has 4 amide bonds. The summed E-state index contributed by atoms with van der Waals surface area (Å²) in [5.41, 5.74) is -2.73. The number of rotatable bonds is 22. The van der Waals surface area contributed by atoms with Crippen LogP contribution in [-0.4, -0.2) is 103 Å². The van der Waals surface area contributed by atoms with E-state index in [1.807, 2.05) is 0 Å². The average Bonchev–Trinajstić information content (AvgIpc) is 2.93. The molecule has 0 aliphatic carbocycles. The number of hydrogen-bond acceptors (Lipinski definition) is 10. The Hall–Kier alpha value is -3.01. The van der Waals surface area contributed by atoms with Crippen LogP contribution in [0.1, 0.15) is 154 Å². The minimum Gasteiger partial charge on any atom is -0.444 e. The largest absolute Gasteiger partial charge is 0.444 e. The smallest absolute Gasteiger partial charge is 0.410 e. The lowest BCUT2D eigenvalue weighted by molar-refractivity contribution is 0.0190. The number of carbonyl (C=O) groups excluding carboxylic acids is 4. The van der Waals surface area contributed by atoms with Crippen molar-refractivity contribution in [1.29, 1.82) is 0 Å². The SMILES string of the molecule is CC(C)(C)OC(=O)NCCCCC(NC(=O)OC(C)(C)C)C(CCCCCCCS(=O)(=O)O)CN(CCCCNC(=O)OC(C)(C)C)C(=O)OC(C)(C)C. The average molecular weight is 795 g/mol. The number of nitrogens with one attached hydrogen (secondary N) is 3. The zero-order valence-electron chi connectivity index (χ0n) is 35.4. The summed E-state index contributed by atoms with van der Waals surface area (Å²) in [6, 6.07) is -0.403. The molecule has 0 aromatic rings. The van der Waals surface area contributed by atoms with Crippen molar-refractivity contribution in [2.24, 2.45) is 5.92 Å². The Morgan fingerprint density at radius 1 is 0.574 bits per heavy atom. The molecule has 0 aliphatic rings. The molecule has 2 atom stereocenters. The molecule has 0 saturated heterocycles. The maximum atomic E-state index is 13.6. The minimum atomic E-state index is -4.01. The van der Waals surface area contributed by atoms with E-state index >= 15 is 0 Å². The topological polar surface area (TPSA) is 199 Å². The van der Waals surface area contributed by atoms with Crippen molar-refractivity contribution in [3.8, 4) is 0 Å². The van der Waals surface area contributed by atoms with Crippen molar-refractivity contribution < 1.29 is 51.1 Å². The monoisotopic (exact) mass is 795 g/mol. The molecule has 0 bridgehead atoms. The van der Waals surface area contributed by atoms with Gasteiger partial charge in [0.25, 0.3) is 10.1 Å². The summed E-state index contributed by atoms with van der Waals surface area (Å²) < 4.78 is 53.4. The first-order chi connectivity index (χ1) is 24.6. The molecular formula is C38H74N4O11S. The molecule has 0 radical (unpaired) electrons. The van der Waals surface area contributed by atoms with E-state index in [-0.39, 0.29) is 18.2 Å². The fraction of sp³-hybridized carbons (Fsp3) is 0.895. The second-order valence-electron chi connectivity index (χ2n) is 17.8. The van der Waals surface area contributed by atoms with E-state index in [0.29, 0.717) is 71.0 Å². The Kier molecular flexibility index (Phi) is 22.5. The number of carbonyl (C=O) groups is 4. The molecule has 0 aromatic carbocycles. The Morgan fingerprint density at radius 2 is 1.00 bits per heavy atom. The van der Waals surface area contributed by atoms with E-state index in [9.17, 15) is 27.6 Å². The fourth-order valence-electron chi connectivity index (χ4n) is 5.32. The Bertz CT molecular complexity index is 1230. The first kappa shape index (κ1) is 51.0. The zero-order valence-corrected chi connectivity index (χ0v) is 36.2. The molecule has 0 heterocycles. The number of alkyl carbamates (subject to hydrolysis) is 3. The lowest BCUT2D eigenvalue weighted by atomic mass is 9.89. The van der Waals surface area contributed by atoms with Crippen LogP contribution < -0.4 is 16.0 Å². The van der Waals surface area contributed by atoms with E-state index in [1.54, 1.807) is 88.0 Å². The first-order valence-electron chi connectivity index (χ1n) is 19.4. The van der Waals surface area contributed by atoms with Crippen LogP contribution in [0, 0.1) is 5.92 Å². The van der Waals surface area contributed by atoms with Gasteiger partial charge in [0.15, 0.2) is 0 Å². The molecule has 0 spiro atoms. The third kappa shape index (κ3) is 31.4. The normalized spacial score (nSPS) is 13.6. The number of ether oxygens (including phenoxy) is 4. The maximum absolute atomic E-state index is 13.6. The second-order valence-corrected chi connectivity index (χ2v) is 19.4. The molecule has 0 saturated carbocycles. The van der Waals surface area contributed by atoms with Crippen LogP contribution in [0.4, 0.5) is 19.2 Å². The number of unbranched alkanes of at least 4 members (excludes halogenated alkanes) is 6. The highest BCUT2D eigenvalue weighted by atomic mass is 32.2. The predicted molar refractivity (Wildman–Crippen MR) is 210 cm³/mol. The summed E-state index contributed by atoms with van der Waals surface area (Å²) in [5.74, 6) is -0.500. The number of amides is 4. The van der Waals surface area contributed by atoms with Crippen LogP contribution in [0.5, 0.6) is 0 Å². The van der Waals surface area contributed by atoms with E-state index in [2.05, 4.69) is 16.0 Å². The van der Waals surface area contributed by atoms with Gasteiger partial charge >= 0.3 is 24.4 Å². The molecule has 54 heavy (non-hydrogen) atoms. The fourth-order valence-corrected chi connectivity index (χ4v) is 5.89. The van der Waals surface area contributed by atoms with Crippen molar-refractivity contribution in [2.45, 2.75) is 182 Å². The molecule has 4 N–H and O–H groups in total. The molecule has 2 unspecified atom stereocenters. The van der Waals surface area contributed by atoms with Gasteiger partial charge < -0.3 is 39.8 Å². The van der Waals surface area contributed by atoms with Crippen molar-refractivity contribution in [3.05, 3.63) is 0 Å². The van der Waals surface area contributed by atoms with Gasteiger partial charge in [0.2, 0.25) is 0 Å². The molecule has 15 nitrogen and oxygen atoms in total. The Morgan fingerprint density at radius 3 is 1.48 bits per heavy atom. The van der Waals surface area contributed by atoms with Gasteiger partial charge in [-0.1, -0.05) is 25.7 Å². The lowest BCUT2D eigenvalue weighted by Crippen LogP contribution is -2.48. The van der Waals surface area contributed by atoms with Gasteiger partial charge in [-0.2, -0.15) is 8.42 Å². The van der Waals surface area contributed by atoms with Crippen LogP contribution in [0.25, 0.3) is 0 Å². The highest BCUT2D eigenvalue weighted by molar-refractivity contribution is 7.85. The Balaban J connectivity index is 6.11. The highest BCUT2D eigenvalue weighted by Crippen LogP contribution is 2.23. The molecule has 318 valence electrons. The second kappa shape index (κ2) is 23.8. The van der Waals surface area contributed by atoms with E-state index in [4.69, 9.17) is 23.5 Å². The first-order valence-corrected chi connectivity index (χ1v) is 21.0. The third-order valence-electron chi connectivity index (χ3n) is 7.49. The standard InChI is InChI=1S/C38H74N4O11S/c1-35(2,3)50-31(43)39-24-18-17-23-30(41-33(45)52-37(7,8)9)29(22-16-14-13-15-21-27-54(47,48)49)28-42(34(46)53-38(10,11)12)26-20-19-25-40-32(44)51-36(4,5)6/h29-30H,13-28H2,1-12H3,(H,39,43)(H,40,44)(H,41,45)(H,47,48,49). The van der Waals surface area contributed by atoms with E-state index in [0.717, 1.165) is 19.3 Å². The van der Waals surface area contributed by atoms with Gasteiger partial charge in [0.05, 0.1) is 5.75 Å². The molecule has 0 aromatic heterocycles. The third-order valence-corrected chi connectivity index (χ3v) is 8.29.